The van der Waals surface area contributed by atoms with Crippen molar-refractivity contribution in [3.63, 3.8) is 0 Å². The molecular weight excluding hydrogens is 178 g/mol. The molecule has 0 saturated heterocycles. The Morgan fingerprint density at radius 1 is 1.29 bits per heavy atom. The van der Waals surface area contributed by atoms with E-state index in [0.29, 0.717) is 5.82 Å². The first kappa shape index (κ1) is 8.38. The predicted molar refractivity (Wildman–Crippen MR) is 48.3 cm³/mol. The summed E-state index contributed by atoms with van der Waals surface area (Å²) in [6.45, 7) is 3.72. The summed E-state index contributed by atoms with van der Waals surface area (Å²) in [5, 5.41) is 12.5. The van der Waals surface area contributed by atoms with Crippen molar-refractivity contribution in [3.8, 4) is 11.9 Å². The minimum Gasteiger partial charge on any atom is -0.240 e. The van der Waals surface area contributed by atoms with Crippen molar-refractivity contribution in [2.45, 2.75) is 0 Å². The van der Waals surface area contributed by atoms with E-state index in [4.69, 9.17) is 5.26 Å². The van der Waals surface area contributed by atoms with Gasteiger partial charge in [-0.15, -0.1) is 0 Å². The molecule has 2 rings (SSSR count). The van der Waals surface area contributed by atoms with Crippen LogP contribution in [0.3, 0.4) is 0 Å². The summed E-state index contributed by atoms with van der Waals surface area (Å²) in [6.07, 6.45) is 6.25. The Kier molecular flexibility index (Phi) is 1.95. The van der Waals surface area contributed by atoms with E-state index in [1.165, 1.54) is 12.4 Å². The first-order valence-electron chi connectivity index (χ1n) is 3.89. The number of hydrogen-bond donors (Lipinski definition) is 0. The van der Waals surface area contributed by atoms with E-state index in [0.717, 1.165) is 5.56 Å². The van der Waals surface area contributed by atoms with Crippen LogP contribution in [0.4, 0.5) is 0 Å². The summed E-state index contributed by atoms with van der Waals surface area (Å²) in [5.41, 5.74) is 1.09. The van der Waals surface area contributed by atoms with Gasteiger partial charge in [0.05, 0.1) is 18.6 Å². The number of nitriles is 1. The SMILES string of the molecule is [CH2]c1cnn(-c2cnc(C#N)cn2)c1. The van der Waals surface area contributed by atoms with Crippen LogP contribution in [0, 0.1) is 18.3 Å². The second-order valence-corrected chi connectivity index (χ2v) is 2.66. The molecule has 5 heteroatoms. The molecule has 0 atom stereocenters. The minimum absolute atomic E-state index is 0.288. The lowest BCUT2D eigenvalue weighted by molar-refractivity contribution is 0.836. The van der Waals surface area contributed by atoms with Crippen LogP contribution in [0.25, 0.3) is 5.82 Å². The second kappa shape index (κ2) is 3.26. The Morgan fingerprint density at radius 2 is 2.14 bits per heavy atom. The van der Waals surface area contributed by atoms with E-state index in [1.54, 1.807) is 17.1 Å². The van der Waals surface area contributed by atoms with Crippen LogP contribution in [0.1, 0.15) is 11.3 Å². The van der Waals surface area contributed by atoms with Crippen LogP contribution in [0.5, 0.6) is 0 Å². The van der Waals surface area contributed by atoms with Gasteiger partial charge in [-0.05, 0) is 12.5 Å². The molecule has 2 aromatic rings. The molecule has 0 amide bonds. The van der Waals surface area contributed by atoms with E-state index in [-0.39, 0.29) is 5.69 Å². The summed E-state index contributed by atoms with van der Waals surface area (Å²) in [4.78, 5) is 7.90. The highest BCUT2D eigenvalue weighted by Crippen LogP contribution is 2.02. The van der Waals surface area contributed by atoms with Crippen LogP contribution >= 0.6 is 0 Å². The number of hydrogen-bond acceptors (Lipinski definition) is 4. The quantitative estimate of drug-likeness (QED) is 0.654. The van der Waals surface area contributed by atoms with Crippen molar-refractivity contribution in [1.29, 1.82) is 5.26 Å². The molecule has 0 N–H and O–H groups in total. The van der Waals surface area contributed by atoms with Gasteiger partial charge in [0.2, 0.25) is 0 Å². The molecule has 0 fully saturated rings. The highest BCUT2D eigenvalue weighted by molar-refractivity contribution is 5.24. The summed E-state index contributed by atoms with van der Waals surface area (Å²) in [5.74, 6) is 0.568. The van der Waals surface area contributed by atoms with E-state index in [9.17, 15) is 0 Å². The van der Waals surface area contributed by atoms with Crippen LogP contribution in [-0.4, -0.2) is 19.7 Å². The first-order valence-corrected chi connectivity index (χ1v) is 3.89. The van der Waals surface area contributed by atoms with Gasteiger partial charge in [0.15, 0.2) is 11.5 Å². The summed E-state index contributed by atoms with van der Waals surface area (Å²) in [7, 11) is 0. The Hall–Kier alpha value is -2.22. The highest BCUT2D eigenvalue weighted by Gasteiger charge is 2.00. The largest absolute Gasteiger partial charge is 0.240 e. The van der Waals surface area contributed by atoms with Gasteiger partial charge in [0, 0.05) is 6.20 Å². The van der Waals surface area contributed by atoms with Gasteiger partial charge in [0.25, 0.3) is 0 Å². The summed E-state index contributed by atoms with van der Waals surface area (Å²) in [6, 6.07) is 1.90. The van der Waals surface area contributed by atoms with Crippen molar-refractivity contribution >= 4 is 0 Å². The molecule has 67 valence electrons. The van der Waals surface area contributed by atoms with Crippen molar-refractivity contribution in [2.75, 3.05) is 0 Å². The van der Waals surface area contributed by atoms with E-state index in [2.05, 4.69) is 22.0 Å². The molecule has 1 radical (unpaired) electrons. The topological polar surface area (TPSA) is 67.4 Å². The minimum atomic E-state index is 0.288. The third-order valence-corrected chi connectivity index (χ3v) is 1.62. The molecule has 0 unspecified atom stereocenters. The molecule has 0 aliphatic heterocycles. The van der Waals surface area contributed by atoms with Gasteiger partial charge < -0.3 is 0 Å². The molecule has 0 bridgehead atoms. The molecule has 0 aliphatic carbocycles. The number of nitrogens with zero attached hydrogens (tertiary/aromatic N) is 5. The Bertz CT molecular complexity index is 477. The first-order chi connectivity index (χ1) is 6.79. The molecule has 14 heavy (non-hydrogen) atoms. The van der Waals surface area contributed by atoms with Crippen molar-refractivity contribution in [1.82, 2.24) is 19.7 Å². The number of aromatic nitrogens is 4. The smallest absolute Gasteiger partial charge is 0.171 e. The standard InChI is InChI=1S/C9H6N5/c1-7-3-13-14(6-7)9-5-11-8(2-10)4-12-9/h3-6H,1H2. The van der Waals surface area contributed by atoms with Crippen LogP contribution in [-0.2, 0) is 0 Å². The Morgan fingerprint density at radius 3 is 2.64 bits per heavy atom. The average Bonchev–Trinajstić information content (AvgIpc) is 2.65. The fourth-order valence-electron chi connectivity index (χ4n) is 0.983. The highest BCUT2D eigenvalue weighted by atomic mass is 15.3. The van der Waals surface area contributed by atoms with Gasteiger partial charge in [-0.25, -0.2) is 14.6 Å². The van der Waals surface area contributed by atoms with Crippen LogP contribution in [0.2, 0.25) is 0 Å². The molecule has 2 heterocycles. The fourth-order valence-corrected chi connectivity index (χ4v) is 0.983. The van der Waals surface area contributed by atoms with Gasteiger partial charge in [-0.1, -0.05) is 0 Å². The number of rotatable bonds is 1. The molecular formula is C9H6N5. The van der Waals surface area contributed by atoms with E-state index < -0.39 is 0 Å². The van der Waals surface area contributed by atoms with Crippen LogP contribution < -0.4 is 0 Å². The maximum Gasteiger partial charge on any atom is 0.171 e. The van der Waals surface area contributed by atoms with Crippen molar-refractivity contribution < 1.29 is 0 Å². The molecule has 2 aromatic heterocycles. The summed E-state index contributed by atoms with van der Waals surface area (Å²) < 4.78 is 1.55. The fraction of sp³-hybridized carbons (Fsp3) is 0. The third-order valence-electron chi connectivity index (χ3n) is 1.62. The summed E-state index contributed by atoms with van der Waals surface area (Å²) >= 11 is 0. The van der Waals surface area contributed by atoms with Crippen molar-refractivity contribution in [3.05, 3.63) is 43.0 Å². The van der Waals surface area contributed by atoms with Gasteiger partial charge in [-0.2, -0.15) is 10.4 Å². The average molecular weight is 184 g/mol. The normalized spacial score (nSPS) is 9.71. The van der Waals surface area contributed by atoms with E-state index >= 15 is 0 Å². The molecule has 0 saturated carbocycles. The van der Waals surface area contributed by atoms with E-state index in [1.807, 2.05) is 6.07 Å². The third kappa shape index (κ3) is 1.45. The van der Waals surface area contributed by atoms with Gasteiger partial charge >= 0.3 is 0 Å². The van der Waals surface area contributed by atoms with Gasteiger partial charge in [-0.3, -0.25) is 0 Å². The molecule has 5 nitrogen and oxygen atoms in total. The van der Waals surface area contributed by atoms with Crippen LogP contribution in [0.15, 0.2) is 24.8 Å². The molecule has 0 spiro atoms. The molecule has 0 aliphatic rings. The molecule has 0 aromatic carbocycles. The second-order valence-electron chi connectivity index (χ2n) is 2.66. The zero-order valence-corrected chi connectivity index (χ0v) is 7.25. The maximum atomic E-state index is 8.52. The lowest BCUT2D eigenvalue weighted by Gasteiger charge is -1.97. The zero-order valence-electron chi connectivity index (χ0n) is 7.25. The van der Waals surface area contributed by atoms with Gasteiger partial charge in [0.1, 0.15) is 6.07 Å². The van der Waals surface area contributed by atoms with Crippen molar-refractivity contribution in [2.24, 2.45) is 0 Å². The monoisotopic (exact) mass is 184 g/mol. The Labute approximate surface area is 80.7 Å². The maximum absolute atomic E-state index is 8.52. The lowest BCUT2D eigenvalue weighted by Crippen LogP contribution is -1.99. The Balaban J connectivity index is 2.39. The predicted octanol–water partition coefficient (Wildman–Crippen LogP) is 0.716. The lowest BCUT2D eigenvalue weighted by atomic mass is 10.4. The zero-order chi connectivity index (χ0) is 9.97.